The zero-order chi connectivity index (χ0) is 21.9. The van der Waals surface area contributed by atoms with Crippen LogP contribution in [0.15, 0.2) is 53.1 Å². The standard InChI is InChI=1S/C25H28N4O3/c30-23-9-8-19(17-29(23)16-12-20-5-3-4-13-26-20)25(31)28-14-10-18(11-15-28)24-27-21-6-1-2-7-22(21)32-24/h1-7,13,18-19H,8-12,14-17H2/t19-/m1/s1. The minimum Gasteiger partial charge on any atom is -0.440 e. The van der Waals surface area contributed by atoms with Gasteiger partial charge < -0.3 is 14.2 Å². The van der Waals surface area contributed by atoms with Crippen molar-refractivity contribution in [2.45, 2.75) is 38.0 Å². The smallest absolute Gasteiger partial charge is 0.227 e. The maximum atomic E-state index is 13.2. The van der Waals surface area contributed by atoms with Crippen molar-refractivity contribution >= 4 is 22.9 Å². The van der Waals surface area contributed by atoms with E-state index in [2.05, 4.69) is 9.97 Å². The van der Waals surface area contributed by atoms with Gasteiger partial charge in [0.15, 0.2) is 11.5 Å². The molecule has 0 radical (unpaired) electrons. The van der Waals surface area contributed by atoms with Gasteiger partial charge in [0.1, 0.15) is 5.52 Å². The quantitative estimate of drug-likeness (QED) is 0.617. The van der Waals surface area contributed by atoms with Crippen LogP contribution in [0.4, 0.5) is 0 Å². The first-order chi connectivity index (χ1) is 15.7. The number of rotatable bonds is 5. The highest BCUT2D eigenvalue weighted by atomic mass is 16.3. The number of carbonyl (C=O) groups excluding carboxylic acids is 2. The van der Waals surface area contributed by atoms with Crippen LogP contribution >= 0.6 is 0 Å². The number of aromatic nitrogens is 2. The van der Waals surface area contributed by atoms with Crippen LogP contribution in [0.25, 0.3) is 11.1 Å². The summed E-state index contributed by atoms with van der Waals surface area (Å²) >= 11 is 0. The molecule has 32 heavy (non-hydrogen) atoms. The predicted octanol–water partition coefficient (Wildman–Crippen LogP) is 3.41. The zero-order valence-electron chi connectivity index (χ0n) is 18.2. The maximum Gasteiger partial charge on any atom is 0.227 e. The van der Waals surface area contributed by atoms with Gasteiger partial charge in [0, 0.05) is 56.8 Å². The number of oxazole rings is 1. The lowest BCUT2D eigenvalue weighted by atomic mass is 9.92. The van der Waals surface area contributed by atoms with E-state index in [0.29, 0.717) is 45.4 Å². The number of hydrogen-bond acceptors (Lipinski definition) is 5. The van der Waals surface area contributed by atoms with Gasteiger partial charge in [-0.15, -0.1) is 0 Å². The molecule has 0 aliphatic carbocycles. The molecule has 5 rings (SSSR count). The number of pyridine rings is 1. The van der Waals surface area contributed by atoms with Crippen molar-refractivity contribution in [3.8, 4) is 0 Å². The van der Waals surface area contributed by atoms with Gasteiger partial charge in [-0.2, -0.15) is 0 Å². The van der Waals surface area contributed by atoms with Gasteiger partial charge in [-0.1, -0.05) is 18.2 Å². The molecular formula is C25H28N4O3. The summed E-state index contributed by atoms with van der Waals surface area (Å²) in [5.41, 5.74) is 2.67. The minimum atomic E-state index is -0.114. The monoisotopic (exact) mass is 432 g/mol. The highest BCUT2D eigenvalue weighted by Crippen LogP contribution is 2.31. The van der Waals surface area contributed by atoms with Crippen molar-refractivity contribution < 1.29 is 14.0 Å². The molecule has 2 aromatic heterocycles. The molecule has 0 spiro atoms. The fraction of sp³-hybridized carbons (Fsp3) is 0.440. The van der Waals surface area contributed by atoms with Crippen molar-refractivity contribution in [3.63, 3.8) is 0 Å². The summed E-state index contributed by atoms with van der Waals surface area (Å²) in [5, 5.41) is 0. The first-order valence-corrected chi connectivity index (χ1v) is 11.5. The van der Waals surface area contributed by atoms with E-state index in [-0.39, 0.29) is 23.7 Å². The molecule has 7 nitrogen and oxygen atoms in total. The summed E-state index contributed by atoms with van der Waals surface area (Å²) in [6, 6.07) is 13.6. The van der Waals surface area contributed by atoms with Crippen LogP contribution in [0.5, 0.6) is 0 Å². The Hall–Kier alpha value is -3.22. The SMILES string of the molecule is O=C1CC[C@@H](C(=O)N2CCC(c3nc4ccccc4o3)CC2)CN1CCc1ccccn1. The van der Waals surface area contributed by atoms with Crippen LogP contribution < -0.4 is 0 Å². The van der Waals surface area contributed by atoms with E-state index in [1.165, 1.54) is 0 Å². The molecule has 1 atom stereocenters. The van der Waals surface area contributed by atoms with Crippen LogP contribution in [0, 0.1) is 5.92 Å². The maximum absolute atomic E-state index is 13.2. The van der Waals surface area contributed by atoms with Gasteiger partial charge in [-0.05, 0) is 43.5 Å². The van der Waals surface area contributed by atoms with E-state index in [9.17, 15) is 9.59 Å². The number of piperidine rings is 2. The van der Waals surface area contributed by atoms with Gasteiger partial charge in [0.25, 0.3) is 0 Å². The van der Waals surface area contributed by atoms with Gasteiger partial charge in [0.05, 0.1) is 5.92 Å². The largest absolute Gasteiger partial charge is 0.440 e. The fourth-order valence-corrected chi connectivity index (χ4v) is 4.80. The number of hydrogen-bond donors (Lipinski definition) is 0. The van der Waals surface area contributed by atoms with Gasteiger partial charge in [-0.3, -0.25) is 14.6 Å². The van der Waals surface area contributed by atoms with Crippen LogP contribution in [-0.4, -0.2) is 57.8 Å². The second-order valence-corrected chi connectivity index (χ2v) is 8.77. The molecule has 4 heterocycles. The number of nitrogens with zero attached hydrogens (tertiary/aromatic N) is 4. The molecule has 2 aliphatic rings. The van der Waals surface area contributed by atoms with E-state index in [1.54, 1.807) is 6.20 Å². The van der Waals surface area contributed by atoms with Crippen molar-refractivity contribution in [2.24, 2.45) is 5.92 Å². The van der Waals surface area contributed by atoms with E-state index in [4.69, 9.17) is 4.42 Å². The Morgan fingerprint density at radius 2 is 1.88 bits per heavy atom. The molecule has 166 valence electrons. The summed E-state index contributed by atoms with van der Waals surface area (Å²) in [7, 11) is 0. The summed E-state index contributed by atoms with van der Waals surface area (Å²) < 4.78 is 5.94. The first-order valence-electron chi connectivity index (χ1n) is 11.5. The summed E-state index contributed by atoms with van der Waals surface area (Å²) in [6.45, 7) is 2.54. The lowest BCUT2D eigenvalue weighted by Crippen LogP contribution is -2.49. The number of carbonyl (C=O) groups is 2. The van der Waals surface area contributed by atoms with Crippen molar-refractivity contribution in [1.29, 1.82) is 0 Å². The van der Waals surface area contributed by atoms with E-state index in [0.717, 1.165) is 35.5 Å². The van der Waals surface area contributed by atoms with Crippen molar-refractivity contribution in [2.75, 3.05) is 26.2 Å². The molecule has 3 aromatic rings. The minimum absolute atomic E-state index is 0.114. The Morgan fingerprint density at radius 1 is 1.06 bits per heavy atom. The van der Waals surface area contributed by atoms with E-state index >= 15 is 0 Å². The number of amides is 2. The van der Waals surface area contributed by atoms with Crippen molar-refractivity contribution in [1.82, 2.24) is 19.8 Å². The van der Waals surface area contributed by atoms with Crippen LogP contribution in [0.3, 0.4) is 0 Å². The Labute approximate surface area is 187 Å². The molecule has 0 bridgehead atoms. The molecule has 0 unspecified atom stereocenters. The highest BCUT2D eigenvalue weighted by Gasteiger charge is 2.35. The molecular weight excluding hydrogens is 404 g/mol. The van der Waals surface area contributed by atoms with Gasteiger partial charge in [0.2, 0.25) is 11.8 Å². The third kappa shape index (κ3) is 4.38. The summed E-state index contributed by atoms with van der Waals surface area (Å²) in [5.74, 6) is 1.23. The molecule has 1 aromatic carbocycles. The average Bonchev–Trinajstić information content (AvgIpc) is 3.28. The Kier molecular flexibility index (Phi) is 5.88. The van der Waals surface area contributed by atoms with Crippen LogP contribution in [0.2, 0.25) is 0 Å². The first kappa shape index (κ1) is 20.7. The van der Waals surface area contributed by atoms with Crippen LogP contribution in [0.1, 0.15) is 43.2 Å². The Balaban J connectivity index is 1.16. The second kappa shape index (κ2) is 9.10. The van der Waals surface area contributed by atoms with Gasteiger partial charge >= 0.3 is 0 Å². The number of fused-ring (bicyclic) bond motifs is 1. The molecule has 0 N–H and O–H groups in total. The molecule has 0 saturated carbocycles. The molecule has 2 fully saturated rings. The highest BCUT2D eigenvalue weighted by molar-refractivity contribution is 5.84. The summed E-state index contributed by atoms with van der Waals surface area (Å²) in [4.78, 5) is 38.4. The molecule has 2 aliphatic heterocycles. The number of benzene rings is 1. The molecule has 2 saturated heterocycles. The third-order valence-electron chi connectivity index (χ3n) is 6.68. The normalized spacial score (nSPS) is 20.1. The molecule has 7 heteroatoms. The summed E-state index contributed by atoms with van der Waals surface area (Å²) in [6.07, 6.45) is 5.27. The van der Waals surface area contributed by atoms with Gasteiger partial charge in [-0.25, -0.2) is 4.98 Å². The molecule has 2 amide bonds. The predicted molar refractivity (Wildman–Crippen MR) is 120 cm³/mol. The Bertz CT molecular complexity index is 1060. The second-order valence-electron chi connectivity index (χ2n) is 8.77. The average molecular weight is 433 g/mol. The third-order valence-corrected chi connectivity index (χ3v) is 6.68. The lowest BCUT2D eigenvalue weighted by Gasteiger charge is -2.37. The van der Waals surface area contributed by atoms with Crippen LogP contribution in [-0.2, 0) is 16.0 Å². The lowest BCUT2D eigenvalue weighted by molar-refractivity contribution is -0.143. The Morgan fingerprint density at radius 3 is 2.66 bits per heavy atom. The van der Waals surface area contributed by atoms with E-state index < -0.39 is 0 Å². The fourth-order valence-electron chi connectivity index (χ4n) is 4.80. The number of para-hydroxylation sites is 2. The topological polar surface area (TPSA) is 79.5 Å². The zero-order valence-corrected chi connectivity index (χ0v) is 18.2. The van der Waals surface area contributed by atoms with Crippen molar-refractivity contribution in [3.05, 3.63) is 60.2 Å². The number of likely N-dealkylation sites (tertiary alicyclic amines) is 2. The van der Waals surface area contributed by atoms with E-state index in [1.807, 2.05) is 52.3 Å².